The predicted molar refractivity (Wildman–Crippen MR) is 102 cm³/mol. The molecule has 2 amide bonds. The number of nitrogens with zero attached hydrogens (tertiary/aromatic N) is 1. The molecule has 0 bridgehead atoms. The Morgan fingerprint density at radius 2 is 1.88 bits per heavy atom. The van der Waals surface area contributed by atoms with Crippen molar-refractivity contribution < 1.29 is 19.4 Å². The van der Waals surface area contributed by atoms with Crippen molar-refractivity contribution >= 4 is 29.0 Å². The van der Waals surface area contributed by atoms with E-state index in [0.717, 1.165) is 22.9 Å². The van der Waals surface area contributed by atoms with Gasteiger partial charge in [-0.3, -0.25) is 14.5 Å². The van der Waals surface area contributed by atoms with Crippen molar-refractivity contribution in [2.24, 2.45) is 0 Å². The second-order valence-electron chi connectivity index (χ2n) is 5.91. The molecule has 2 aromatic carbocycles. The number of ether oxygens (including phenoxy) is 1. The number of hydrogen-bond acceptors (Lipinski definition) is 5. The highest BCUT2D eigenvalue weighted by Gasteiger charge is 2.34. The lowest BCUT2D eigenvalue weighted by molar-refractivity contribution is -0.123. The third-order valence-electron chi connectivity index (χ3n) is 3.92. The SMILES string of the molecule is CCOc1cc(/C=C2/SC(=O)N(Cc3ccc(C)cc3)C2=O)ccc1O. The lowest BCUT2D eigenvalue weighted by atomic mass is 10.1. The number of phenols is 1. The maximum atomic E-state index is 12.6. The van der Waals surface area contributed by atoms with Gasteiger partial charge in [-0.2, -0.15) is 0 Å². The number of aromatic hydroxyl groups is 1. The topological polar surface area (TPSA) is 66.8 Å². The summed E-state index contributed by atoms with van der Waals surface area (Å²) in [4.78, 5) is 26.4. The molecule has 1 aliphatic rings. The molecule has 26 heavy (non-hydrogen) atoms. The molecule has 0 aromatic heterocycles. The van der Waals surface area contributed by atoms with E-state index in [4.69, 9.17) is 4.74 Å². The molecule has 1 aliphatic heterocycles. The Kier molecular flexibility index (Phi) is 5.32. The average molecular weight is 369 g/mol. The number of amides is 2. The van der Waals surface area contributed by atoms with E-state index in [1.165, 1.54) is 11.0 Å². The van der Waals surface area contributed by atoms with E-state index in [1.807, 2.05) is 38.1 Å². The van der Waals surface area contributed by atoms with Gasteiger partial charge in [-0.15, -0.1) is 0 Å². The van der Waals surface area contributed by atoms with Crippen LogP contribution in [-0.4, -0.2) is 27.8 Å². The van der Waals surface area contributed by atoms with Crippen LogP contribution in [0.25, 0.3) is 6.08 Å². The molecule has 1 heterocycles. The van der Waals surface area contributed by atoms with Gasteiger partial charge in [0.25, 0.3) is 11.1 Å². The molecule has 3 rings (SSSR count). The summed E-state index contributed by atoms with van der Waals surface area (Å²) < 4.78 is 5.35. The van der Waals surface area contributed by atoms with Gasteiger partial charge in [0.15, 0.2) is 11.5 Å². The van der Waals surface area contributed by atoms with Crippen molar-refractivity contribution in [2.75, 3.05) is 6.61 Å². The van der Waals surface area contributed by atoms with Crippen LogP contribution in [-0.2, 0) is 11.3 Å². The maximum Gasteiger partial charge on any atom is 0.293 e. The molecule has 1 N–H and O–H groups in total. The van der Waals surface area contributed by atoms with E-state index in [1.54, 1.807) is 18.2 Å². The molecule has 1 fully saturated rings. The number of rotatable bonds is 5. The predicted octanol–water partition coefficient (Wildman–Crippen LogP) is 4.34. The first-order chi connectivity index (χ1) is 12.5. The van der Waals surface area contributed by atoms with Gasteiger partial charge in [0.1, 0.15) is 0 Å². The zero-order valence-corrected chi connectivity index (χ0v) is 15.4. The molecule has 0 atom stereocenters. The summed E-state index contributed by atoms with van der Waals surface area (Å²) in [6, 6.07) is 12.6. The van der Waals surface area contributed by atoms with Crippen LogP contribution in [0.3, 0.4) is 0 Å². The molecule has 5 nitrogen and oxygen atoms in total. The van der Waals surface area contributed by atoms with Gasteiger partial charge in [0, 0.05) is 0 Å². The number of phenolic OH excluding ortho intramolecular Hbond substituents is 1. The summed E-state index contributed by atoms with van der Waals surface area (Å²) in [5.74, 6) is 0.0724. The molecule has 0 unspecified atom stereocenters. The molecule has 0 radical (unpaired) electrons. The van der Waals surface area contributed by atoms with Crippen molar-refractivity contribution in [3.05, 3.63) is 64.1 Å². The Balaban J connectivity index is 1.80. The minimum Gasteiger partial charge on any atom is -0.504 e. The molecule has 134 valence electrons. The molecule has 0 saturated carbocycles. The average Bonchev–Trinajstić information content (AvgIpc) is 2.87. The number of thioether (sulfide) groups is 1. The van der Waals surface area contributed by atoms with Crippen LogP contribution in [0.4, 0.5) is 4.79 Å². The smallest absolute Gasteiger partial charge is 0.293 e. The molecule has 6 heteroatoms. The van der Waals surface area contributed by atoms with Gasteiger partial charge in [-0.25, -0.2) is 0 Å². The minimum atomic E-state index is -0.313. The number of imide groups is 1. The normalized spacial score (nSPS) is 15.8. The Morgan fingerprint density at radius 3 is 2.58 bits per heavy atom. The maximum absolute atomic E-state index is 12.6. The van der Waals surface area contributed by atoms with Crippen molar-refractivity contribution in [2.45, 2.75) is 20.4 Å². The van der Waals surface area contributed by atoms with E-state index < -0.39 is 0 Å². The van der Waals surface area contributed by atoms with Gasteiger partial charge in [0.2, 0.25) is 0 Å². The first kappa shape index (κ1) is 18.1. The number of carbonyl (C=O) groups excluding carboxylic acids is 2. The Hall–Kier alpha value is -2.73. The summed E-state index contributed by atoms with van der Waals surface area (Å²) in [5, 5.41) is 9.48. The molecule has 1 saturated heterocycles. The number of benzene rings is 2. The minimum absolute atomic E-state index is 0.0384. The lowest BCUT2D eigenvalue weighted by Gasteiger charge is -2.12. The van der Waals surface area contributed by atoms with Crippen molar-refractivity contribution in [3.8, 4) is 11.5 Å². The van der Waals surface area contributed by atoms with E-state index >= 15 is 0 Å². The molecular weight excluding hydrogens is 350 g/mol. The summed E-state index contributed by atoms with van der Waals surface area (Å²) in [7, 11) is 0. The van der Waals surface area contributed by atoms with Gasteiger partial charge < -0.3 is 9.84 Å². The summed E-state index contributed by atoms with van der Waals surface area (Å²) >= 11 is 0.918. The zero-order chi connectivity index (χ0) is 18.7. The largest absolute Gasteiger partial charge is 0.504 e. The zero-order valence-electron chi connectivity index (χ0n) is 14.6. The van der Waals surface area contributed by atoms with Gasteiger partial charge in [-0.05, 0) is 54.9 Å². The second kappa shape index (κ2) is 7.66. The van der Waals surface area contributed by atoms with E-state index in [0.29, 0.717) is 22.8 Å². The lowest BCUT2D eigenvalue weighted by Crippen LogP contribution is -2.27. The highest BCUT2D eigenvalue weighted by atomic mass is 32.2. The molecular formula is C20H19NO4S. The van der Waals surface area contributed by atoms with Crippen LogP contribution in [0.2, 0.25) is 0 Å². The number of carbonyl (C=O) groups is 2. The Morgan fingerprint density at radius 1 is 1.15 bits per heavy atom. The Labute approximate surface area is 156 Å². The fourth-order valence-electron chi connectivity index (χ4n) is 2.56. The quantitative estimate of drug-likeness (QED) is 0.795. The van der Waals surface area contributed by atoms with Crippen LogP contribution in [0.5, 0.6) is 11.5 Å². The Bertz CT molecular complexity index is 874. The van der Waals surface area contributed by atoms with E-state index in [-0.39, 0.29) is 23.4 Å². The van der Waals surface area contributed by atoms with Crippen molar-refractivity contribution in [3.63, 3.8) is 0 Å². The standard InChI is InChI=1S/C20H19NO4S/c1-3-25-17-10-15(8-9-16(17)22)11-18-19(23)21(20(24)26-18)12-14-6-4-13(2)5-7-14/h4-11,22H,3,12H2,1-2H3/b18-11+. The summed E-state index contributed by atoms with van der Waals surface area (Å²) in [5.41, 5.74) is 2.72. The first-order valence-electron chi connectivity index (χ1n) is 8.24. The van der Waals surface area contributed by atoms with Crippen LogP contribution < -0.4 is 4.74 Å². The molecule has 2 aromatic rings. The number of hydrogen-bond donors (Lipinski definition) is 1. The first-order valence-corrected chi connectivity index (χ1v) is 9.06. The van der Waals surface area contributed by atoms with Gasteiger partial charge in [-0.1, -0.05) is 35.9 Å². The fourth-order valence-corrected chi connectivity index (χ4v) is 3.39. The van der Waals surface area contributed by atoms with Gasteiger partial charge in [0.05, 0.1) is 18.1 Å². The molecule has 0 spiro atoms. The second-order valence-corrected chi connectivity index (χ2v) is 6.91. The van der Waals surface area contributed by atoms with E-state index in [2.05, 4.69) is 0 Å². The van der Waals surface area contributed by atoms with Gasteiger partial charge >= 0.3 is 0 Å². The van der Waals surface area contributed by atoms with Crippen LogP contribution in [0, 0.1) is 6.92 Å². The van der Waals surface area contributed by atoms with Crippen LogP contribution >= 0.6 is 11.8 Å². The van der Waals surface area contributed by atoms with Crippen molar-refractivity contribution in [1.29, 1.82) is 0 Å². The van der Waals surface area contributed by atoms with Crippen LogP contribution in [0.15, 0.2) is 47.4 Å². The van der Waals surface area contributed by atoms with E-state index in [9.17, 15) is 14.7 Å². The fraction of sp³-hybridized carbons (Fsp3) is 0.200. The number of aryl methyl sites for hydroxylation is 1. The highest BCUT2D eigenvalue weighted by Crippen LogP contribution is 2.35. The third kappa shape index (κ3) is 3.91. The molecule has 0 aliphatic carbocycles. The van der Waals surface area contributed by atoms with Crippen LogP contribution in [0.1, 0.15) is 23.6 Å². The third-order valence-corrected chi connectivity index (χ3v) is 4.82. The summed E-state index contributed by atoms with van der Waals surface area (Å²) in [6.45, 7) is 4.48. The summed E-state index contributed by atoms with van der Waals surface area (Å²) in [6.07, 6.45) is 1.64. The highest BCUT2D eigenvalue weighted by molar-refractivity contribution is 8.18. The van der Waals surface area contributed by atoms with Crippen molar-refractivity contribution in [1.82, 2.24) is 4.90 Å². The monoisotopic (exact) mass is 369 g/mol.